The lowest BCUT2D eigenvalue weighted by Crippen LogP contribution is -2.37. The van der Waals surface area contributed by atoms with E-state index in [-0.39, 0.29) is 21.3 Å². The molecule has 2 nitrogen and oxygen atoms in total. The van der Waals surface area contributed by atoms with Crippen molar-refractivity contribution in [2.75, 3.05) is 66.4 Å². The van der Waals surface area contributed by atoms with Gasteiger partial charge < -0.3 is 9.47 Å². The van der Waals surface area contributed by atoms with Crippen molar-refractivity contribution in [1.82, 2.24) is 0 Å². The Bertz CT molecular complexity index is 143. The van der Waals surface area contributed by atoms with E-state index in [4.69, 9.17) is 9.47 Å². The van der Waals surface area contributed by atoms with Crippen LogP contribution in [0.3, 0.4) is 0 Å². The van der Waals surface area contributed by atoms with E-state index in [1.807, 2.05) is 0 Å². The van der Waals surface area contributed by atoms with Crippen LogP contribution in [0.2, 0.25) is 0 Å². The number of hydrogen-bond acceptors (Lipinski definition) is 2. The van der Waals surface area contributed by atoms with Gasteiger partial charge in [-0.15, -0.1) is 15.8 Å². The molecule has 0 aromatic heterocycles. The molecular weight excluding hydrogens is 226 g/mol. The summed E-state index contributed by atoms with van der Waals surface area (Å²) < 4.78 is 10.8. The van der Waals surface area contributed by atoms with E-state index < -0.39 is 0 Å². The van der Waals surface area contributed by atoms with Crippen LogP contribution < -0.4 is 0 Å². The Labute approximate surface area is 97.6 Å². The lowest BCUT2D eigenvalue weighted by atomic mass is 9.95. The molecular formula is C11H26O2P2. The molecule has 0 radical (unpaired) electrons. The average molecular weight is 252 g/mol. The van der Waals surface area contributed by atoms with Gasteiger partial charge in [-0.3, -0.25) is 0 Å². The van der Waals surface area contributed by atoms with Crippen LogP contribution in [0, 0.1) is 5.41 Å². The zero-order chi connectivity index (χ0) is 11.9. The Kier molecular flexibility index (Phi) is 8.37. The Morgan fingerprint density at radius 2 is 1.13 bits per heavy atom. The summed E-state index contributed by atoms with van der Waals surface area (Å²) in [5, 5.41) is 0. The van der Waals surface area contributed by atoms with Gasteiger partial charge >= 0.3 is 0 Å². The predicted octanol–water partition coefficient (Wildman–Crippen LogP) is 2.75. The fraction of sp³-hybridized carbons (Fsp3) is 1.00. The highest BCUT2D eigenvalue weighted by atomic mass is 31.1. The van der Waals surface area contributed by atoms with Crippen LogP contribution in [-0.4, -0.2) is 66.4 Å². The first-order valence-corrected chi connectivity index (χ1v) is 10.1. The topological polar surface area (TPSA) is 18.5 Å². The van der Waals surface area contributed by atoms with Gasteiger partial charge in [-0.05, 0) is 39.0 Å². The second-order valence-electron chi connectivity index (χ2n) is 4.84. The van der Waals surface area contributed by atoms with Crippen molar-refractivity contribution >= 4 is 15.8 Å². The maximum Gasteiger partial charge on any atom is 0.0547 e. The van der Waals surface area contributed by atoms with Crippen LogP contribution in [0.25, 0.3) is 0 Å². The van der Waals surface area contributed by atoms with E-state index in [1.54, 1.807) is 14.2 Å². The maximum atomic E-state index is 5.40. The highest BCUT2D eigenvalue weighted by Gasteiger charge is 2.32. The molecule has 0 aromatic carbocycles. The highest BCUT2D eigenvalue weighted by molar-refractivity contribution is 7.57. The van der Waals surface area contributed by atoms with Gasteiger partial charge in [-0.25, -0.2) is 0 Å². The molecule has 0 rings (SSSR count). The largest absolute Gasteiger partial charge is 0.384 e. The molecule has 15 heavy (non-hydrogen) atoms. The zero-order valence-electron chi connectivity index (χ0n) is 11.0. The van der Waals surface area contributed by atoms with Crippen LogP contribution >= 0.6 is 15.8 Å². The number of rotatable bonds is 8. The molecule has 0 fully saturated rings. The highest BCUT2D eigenvalue weighted by Crippen LogP contribution is 2.42. The first kappa shape index (κ1) is 15.8. The predicted molar refractivity (Wildman–Crippen MR) is 73.5 cm³/mol. The molecule has 0 aliphatic carbocycles. The molecule has 92 valence electrons. The molecule has 0 saturated carbocycles. The fourth-order valence-electron chi connectivity index (χ4n) is 2.23. The minimum Gasteiger partial charge on any atom is -0.384 e. The van der Waals surface area contributed by atoms with Crippen LogP contribution in [-0.2, 0) is 9.47 Å². The van der Waals surface area contributed by atoms with Crippen molar-refractivity contribution in [2.45, 2.75) is 0 Å². The monoisotopic (exact) mass is 252 g/mol. The minimum absolute atomic E-state index is 0.108. The third-order valence-electron chi connectivity index (χ3n) is 2.20. The van der Waals surface area contributed by atoms with Crippen LogP contribution in [0.1, 0.15) is 0 Å². The molecule has 0 unspecified atom stereocenters. The van der Waals surface area contributed by atoms with E-state index in [1.165, 1.54) is 12.3 Å². The third-order valence-corrected chi connectivity index (χ3v) is 4.81. The Hall–Kier alpha value is 0.780. The van der Waals surface area contributed by atoms with Crippen molar-refractivity contribution in [2.24, 2.45) is 5.41 Å². The molecule has 0 amide bonds. The van der Waals surface area contributed by atoms with Crippen LogP contribution in [0.15, 0.2) is 0 Å². The smallest absolute Gasteiger partial charge is 0.0547 e. The van der Waals surface area contributed by atoms with E-state index in [2.05, 4.69) is 26.7 Å². The molecule has 0 bridgehead atoms. The van der Waals surface area contributed by atoms with Crippen LogP contribution in [0.5, 0.6) is 0 Å². The molecule has 0 aliphatic rings. The summed E-state index contributed by atoms with van der Waals surface area (Å²) in [5.41, 5.74) is 0.258. The van der Waals surface area contributed by atoms with Crippen LogP contribution in [0.4, 0.5) is 0 Å². The summed E-state index contributed by atoms with van der Waals surface area (Å²) in [5.74, 6) is 0. The van der Waals surface area contributed by atoms with Crippen molar-refractivity contribution in [3.05, 3.63) is 0 Å². The van der Waals surface area contributed by atoms with Gasteiger partial charge in [0.05, 0.1) is 13.2 Å². The minimum atomic E-state index is 0.108. The molecule has 0 N–H and O–H groups in total. The first-order valence-electron chi connectivity index (χ1n) is 5.23. The molecule has 4 heteroatoms. The molecule has 0 spiro atoms. The van der Waals surface area contributed by atoms with E-state index in [9.17, 15) is 0 Å². The summed E-state index contributed by atoms with van der Waals surface area (Å²) in [6.07, 6.45) is 2.51. The van der Waals surface area contributed by atoms with E-state index in [0.717, 1.165) is 13.2 Å². The van der Waals surface area contributed by atoms with Gasteiger partial charge in [0.25, 0.3) is 0 Å². The maximum absolute atomic E-state index is 5.40. The van der Waals surface area contributed by atoms with Gasteiger partial charge in [-0.1, -0.05) is 0 Å². The molecule has 0 aromatic rings. The van der Waals surface area contributed by atoms with Crippen molar-refractivity contribution < 1.29 is 9.47 Å². The van der Waals surface area contributed by atoms with Crippen molar-refractivity contribution in [1.29, 1.82) is 0 Å². The zero-order valence-corrected chi connectivity index (χ0v) is 12.8. The Morgan fingerprint density at radius 1 is 0.800 bits per heavy atom. The third kappa shape index (κ3) is 6.84. The molecule has 0 saturated heterocycles. The Morgan fingerprint density at radius 3 is 1.33 bits per heavy atom. The lowest BCUT2D eigenvalue weighted by molar-refractivity contribution is 0.0389. The number of ether oxygens (including phenoxy) is 2. The van der Waals surface area contributed by atoms with E-state index >= 15 is 0 Å². The molecule has 0 atom stereocenters. The summed E-state index contributed by atoms with van der Waals surface area (Å²) in [4.78, 5) is 0. The number of methoxy groups -OCH3 is 2. The van der Waals surface area contributed by atoms with Gasteiger partial charge in [0.15, 0.2) is 0 Å². The quantitative estimate of drug-likeness (QED) is 0.618. The molecule has 0 aliphatic heterocycles. The van der Waals surface area contributed by atoms with Gasteiger partial charge in [-0.2, -0.15) is 0 Å². The van der Waals surface area contributed by atoms with Gasteiger partial charge in [0, 0.05) is 19.6 Å². The van der Waals surface area contributed by atoms with Gasteiger partial charge in [0.1, 0.15) is 0 Å². The SMILES string of the molecule is COCC(COC)(CP(C)C)CP(C)C. The first-order chi connectivity index (χ1) is 6.95. The summed E-state index contributed by atoms with van der Waals surface area (Å²) in [6, 6.07) is 0. The van der Waals surface area contributed by atoms with E-state index in [0.29, 0.717) is 0 Å². The standard InChI is InChI=1S/C11H26O2P2/c1-12-7-11(8-13-2,9-14(3)4)10-15(5)6/h7-10H2,1-6H3. The second-order valence-corrected chi connectivity index (χ2v) is 9.79. The summed E-state index contributed by atoms with van der Waals surface area (Å²) in [7, 11) is 3.81. The summed E-state index contributed by atoms with van der Waals surface area (Å²) in [6.45, 7) is 11.0. The van der Waals surface area contributed by atoms with Gasteiger partial charge in [0.2, 0.25) is 0 Å². The van der Waals surface area contributed by atoms with Crippen molar-refractivity contribution in [3.63, 3.8) is 0 Å². The lowest BCUT2D eigenvalue weighted by Gasteiger charge is -2.35. The summed E-state index contributed by atoms with van der Waals surface area (Å²) >= 11 is 0. The number of hydrogen-bond donors (Lipinski definition) is 0. The van der Waals surface area contributed by atoms with Crippen molar-refractivity contribution in [3.8, 4) is 0 Å². The normalized spacial score (nSPS) is 12.8. The molecule has 0 heterocycles. The Balaban J connectivity index is 4.55. The average Bonchev–Trinajstić information content (AvgIpc) is 2.01. The fourth-order valence-corrected chi connectivity index (χ4v) is 5.68. The second kappa shape index (κ2) is 7.96.